The lowest BCUT2D eigenvalue weighted by Crippen LogP contribution is -2.55. The van der Waals surface area contributed by atoms with Gasteiger partial charge >= 0.3 is 11.9 Å². The molecule has 2 heterocycles. The molecule has 12 nitrogen and oxygen atoms in total. The second-order valence-electron chi connectivity index (χ2n) is 15.9. The number of hydrogen-bond acceptors (Lipinski definition) is 12. The summed E-state index contributed by atoms with van der Waals surface area (Å²) in [7, 11) is 0. The first kappa shape index (κ1) is 30.9. The van der Waals surface area contributed by atoms with Gasteiger partial charge in [0.05, 0.1) is 49.3 Å². The fourth-order valence-electron chi connectivity index (χ4n) is 10.1. The van der Waals surface area contributed by atoms with Gasteiger partial charge in [0.15, 0.2) is 0 Å². The third-order valence-electron chi connectivity index (χ3n) is 13.1. The van der Waals surface area contributed by atoms with Crippen molar-refractivity contribution in [1.82, 2.24) is 31.9 Å². The second-order valence-corrected chi connectivity index (χ2v) is 15.9. The maximum atomic E-state index is 13.0. The number of rotatable bonds is 8. The minimum atomic E-state index is -0.407. The van der Waals surface area contributed by atoms with E-state index in [9.17, 15) is 19.8 Å². The number of carbonyl (C=O) groups excluding carboxylic acids is 2. The topological polar surface area (TPSA) is 148 Å². The maximum Gasteiger partial charge on any atom is 0.309 e. The Kier molecular flexibility index (Phi) is 8.42. The quantitative estimate of drug-likeness (QED) is 0.171. The van der Waals surface area contributed by atoms with Gasteiger partial charge in [-0.25, -0.2) is 21.7 Å². The Hall–Kier alpha value is -1.38. The number of carbonyl (C=O) groups is 2. The average molecular weight is 631 g/mol. The van der Waals surface area contributed by atoms with E-state index in [1.54, 1.807) is 0 Å². The van der Waals surface area contributed by atoms with E-state index in [0.29, 0.717) is 43.4 Å². The Morgan fingerprint density at radius 1 is 0.600 bits per heavy atom. The molecule has 45 heavy (non-hydrogen) atoms. The van der Waals surface area contributed by atoms with Gasteiger partial charge in [0.25, 0.3) is 0 Å². The molecular weight excluding hydrogens is 576 g/mol. The molecule has 6 saturated carbocycles. The van der Waals surface area contributed by atoms with E-state index < -0.39 is 12.2 Å². The summed E-state index contributed by atoms with van der Waals surface area (Å²) in [6, 6.07) is 1.66. The van der Waals surface area contributed by atoms with Crippen LogP contribution in [0.2, 0.25) is 0 Å². The van der Waals surface area contributed by atoms with Gasteiger partial charge in [0, 0.05) is 30.6 Å². The molecule has 0 aromatic heterocycles. The van der Waals surface area contributed by atoms with E-state index in [1.807, 2.05) is 0 Å². The van der Waals surface area contributed by atoms with Crippen molar-refractivity contribution in [1.29, 1.82) is 0 Å². The molecular formula is C33H54N6O6. The highest BCUT2D eigenvalue weighted by molar-refractivity contribution is 5.77. The molecule has 8 aliphatic rings. The van der Waals surface area contributed by atoms with Crippen molar-refractivity contribution >= 4 is 11.9 Å². The molecule has 12 unspecified atom stereocenters. The number of hydrazine groups is 4. The minimum absolute atomic E-state index is 0.0397. The Morgan fingerprint density at radius 3 is 1.36 bits per heavy atom. The molecule has 8 rings (SSSR count). The Balaban J connectivity index is 0.752. The van der Waals surface area contributed by atoms with Crippen molar-refractivity contribution in [3.8, 4) is 0 Å². The first-order valence-electron chi connectivity index (χ1n) is 18.2. The van der Waals surface area contributed by atoms with Crippen molar-refractivity contribution in [2.24, 2.45) is 22.7 Å². The van der Waals surface area contributed by atoms with E-state index in [0.717, 1.165) is 64.2 Å². The predicted octanol–water partition coefficient (Wildman–Crippen LogP) is 1.57. The van der Waals surface area contributed by atoms with E-state index in [4.69, 9.17) is 9.47 Å². The molecule has 12 heteroatoms. The molecule has 8 fully saturated rings. The van der Waals surface area contributed by atoms with Crippen LogP contribution >= 0.6 is 0 Å². The van der Waals surface area contributed by atoms with Crippen molar-refractivity contribution in [2.75, 3.05) is 13.2 Å². The molecule has 0 radical (unpaired) electrons. The second kappa shape index (κ2) is 12.3. The molecule has 0 bridgehead atoms. The molecule has 12 atom stereocenters. The molecule has 2 saturated heterocycles. The molecule has 252 valence electrons. The van der Waals surface area contributed by atoms with Crippen LogP contribution in [0.3, 0.4) is 0 Å². The largest absolute Gasteiger partial charge is 0.465 e. The lowest BCUT2D eigenvalue weighted by atomic mass is 9.79. The fourth-order valence-corrected chi connectivity index (χ4v) is 10.1. The number of fused-ring (bicyclic) bond motifs is 2. The zero-order valence-electron chi connectivity index (χ0n) is 26.6. The Bertz CT molecular complexity index is 1020. The summed E-state index contributed by atoms with van der Waals surface area (Å²) in [5, 5.41) is 25.8. The smallest absolute Gasteiger partial charge is 0.309 e. The van der Waals surface area contributed by atoms with Crippen LogP contribution in [-0.4, -0.2) is 94.1 Å². The van der Waals surface area contributed by atoms with Gasteiger partial charge < -0.3 is 19.7 Å². The highest BCUT2D eigenvalue weighted by atomic mass is 16.5. The molecule has 6 aliphatic carbocycles. The summed E-state index contributed by atoms with van der Waals surface area (Å²) >= 11 is 0. The SMILES string of the molecule is O=C(OCCCOC(=O)C1CC12CCC(O)C(N1NC3CCCCC3N1)C2)C1CC12CCC(O)C(N1NC3CCCCC3N1)C2. The first-order valence-corrected chi connectivity index (χ1v) is 18.2. The highest BCUT2D eigenvalue weighted by Gasteiger charge is 2.63. The van der Waals surface area contributed by atoms with Gasteiger partial charge in [0.1, 0.15) is 0 Å². The van der Waals surface area contributed by atoms with Crippen LogP contribution in [0.15, 0.2) is 0 Å². The van der Waals surface area contributed by atoms with E-state index >= 15 is 0 Å². The van der Waals surface area contributed by atoms with Gasteiger partial charge in [-0.15, -0.1) is 0 Å². The summed E-state index contributed by atoms with van der Waals surface area (Å²) in [5.41, 5.74) is 14.3. The number of ether oxygens (including phenoxy) is 2. The molecule has 0 aromatic carbocycles. The van der Waals surface area contributed by atoms with Crippen LogP contribution in [-0.2, 0) is 19.1 Å². The summed E-state index contributed by atoms with van der Waals surface area (Å²) in [6.45, 7) is 0.504. The van der Waals surface area contributed by atoms with Crippen molar-refractivity contribution in [3.63, 3.8) is 0 Å². The number of nitrogens with zero attached hydrogens (tertiary/aromatic N) is 2. The number of aliphatic hydroxyl groups is 2. The molecule has 0 aromatic rings. The number of nitrogens with one attached hydrogen (secondary N) is 4. The third kappa shape index (κ3) is 5.96. The van der Waals surface area contributed by atoms with Gasteiger partial charge in [-0.2, -0.15) is 10.2 Å². The van der Waals surface area contributed by atoms with Gasteiger partial charge in [0.2, 0.25) is 0 Å². The van der Waals surface area contributed by atoms with E-state index in [2.05, 4.69) is 31.9 Å². The van der Waals surface area contributed by atoms with Crippen LogP contribution in [0.1, 0.15) is 109 Å². The zero-order valence-corrected chi connectivity index (χ0v) is 26.6. The van der Waals surface area contributed by atoms with E-state index in [-0.39, 0.29) is 59.9 Å². The summed E-state index contributed by atoms with van der Waals surface area (Å²) in [4.78, 5) is 26.0. The van der Waals surface area contributed by atoms with Gasteiger partial charge in [-0.1, -0.05) is 25.7 Å². The van der Waals surface area contributed by atoms with Crippen molar-refractivity contribution in [2.45, 2.75) is 158 Å². The summed E-state index contributed by atoms with van der Waals surface area (Å²) in [6.07, 6.45) is 15.7. The Morgan fingerprint density at radius 2 is 0.978 bits per heavy atom. The Labute approximate surface area is 266 Å². The average Bonchev–Trinajstić information content (AvgIpc) is 3.79. The molecule has 2 aliphatic heterocycles. The van der Waals surface area contributed by atoms with E-state index in [1.165, 1.54) is 25.7 Å². The molecule has 2 spiro atoms. The van der Waals surface area contributed by atoms with Crippen LogP contribution in [0.5, 0.6) is 0 Å². The minimum Gasteiger partial charge on any atom is -0.465 e. The zero-order chi connectivity index (χ0) is 30.8. The van der Waals surface area contributed by atoms with Gasteiger partial charge in [-0.05, 0) is 87.9 Å². The first-order chi connectivity index (χ1) is 21.8. The monoisotopic (exact) mass is 630 g/mol. The number of hydrogen-bond donors (Lipinski definition) is 6. The molecule has 0 amide bonds. The lowest BCUT2D eigenvalue weighted by Gasteiger charge is -2.39. The normalized spacial score (nSPS) is 47.8. The standard InChI is InChI=1S/C33H54N6O6/c40-28-10-12-32(18-26(28)38-34-22-6-1-2-7-23(22)35-38)16-20(32)30(42)44-14-5-15-45-31(43)21-17-33(21)13-11-29(41)27(19-33)39-36-24-8-3-4-9-25(24)37-39/h20-29,34-37,40-41H,1-19H2. The van der Waals surface area contributed by atoms with Gasteiger partial charge in [-0.3, -0.25) is 9.59 Å². The van der Waals surface area contributed by atoms with Crippen LogP contribution in [0.4, 0.5) is 0 Å². The lowest BCUT2D eigenvalue weighted by molar-refractivity contribution is -0.149. The fraction of sp³-hybridized carbons (Fsp3) is 0.939. The molecule has 6 N–H and O–H groups in total. The highest BCUT2D eigenvalue weighted by Crippen LogP contribution is 2.63. The van der Waals surface area contributed by atoms with Crippen LogP contribution in [0.25, 0.3) is 0 Å². The predicted molar refractivity (Wildman–Crippen MR) is 163 cm³/mol. The number of esters is 2. The maximum absolute atomic E-state index is 13.0. The van der Waals surface area contributed by atoms with Crippen LogP contribution < -0.4 is 21.7 Å². The van der Waals surface area contributed by atoms with Crippen molar-refractivity contribution < 1.29 is 29.3 Å². The summed E-state index contributed by atoms with van der Waals surface area (Å²) in [5.74, 6) is -0.512. The van der Waals surface area contributed by atoms with Crippen LogP contribution in [0, 0.1) is 22.7 Å². The third-order valence-corrected chi connectivity index (χ3v) is 13.1. The van der Waals surface area contributed by atoms with Crippen molar-refractivity contribution in [3.05, 3.63) is 0 Å². The number of aliphatic hydroxyl groups excluding tert-OH is 2. The summed E-state index contributed by atoms with van der Waals surface area (Å²) < 4.78 is 11.3.